The molecule has 56 valence electrons. The van der Waals surface area contributed by atoms with Crippen molar-refractivity contribution < 1.29 is 9.36 Å². The van der Waals surface area contributed by atoms with Crippen LogP contribution in [0.1, 0.15) is 18.4 Å². The van der Waals surface area contributed by atoms with E-state index in [1.54, 1.807) is 0 Å². The lowest BCUT2D eigenvalue weighted by Crippen LogP contribution is -1.97. The van der Waals surface area contributed by atoms with Gasteiger partial charge >= 0.3 is 0 Å². The van der Waals surface area contributed by atoms with E-state index in [9.17, 15) is 0 Å². The molecule has 0 bridgehead atoms. The van der Waals surface area contributed by atoms with E-state index in [1.807, 2.05) is 13.0 Å². The zero-order chi connectivity index (χ0) is 7.40. The van der Waals surface area contributed by atoms with Crippen LogP contribution < -0.4 is 5.90 Å². The first kappa shape index (κ1) is 7.24. The number of nitrogens with two attached hydrogens (primary N) is 1. The van der Waals surface area contributed by atoms with Crippen LogP contribution in [-0.4, -0.2) is 5.16 Å². The summed E-state index contributed by atoms with van der Waals surface area (Å²) in [6, 6.07) is 1.83. The van der Waals surface area contributed by atoms with E-state index in [2.05, 4.69) is 9.99 Å². The third-order valence-corrected chi connectivity index (χ3v) is 1.20. The molecule has 0 spiro atoms. The van der Waals surface area contributed by atoms with Gasteiger partial charge in [0.1, 0.15) is 6.61 Å². The predicted octanol–water partition coefficient (Wildman–Crippen LogP) is 0.627. The Bertz CT molecular complexity index is 197. The first-order chi connectivity index (χ1) is 4.86. The van der Waals surface area contributed by atoms with Gasteiger partial charge in [-0.2, -0.15) is 0 Å². The molecule has 0 fully saturated rings. The summed E-state index contributed by atoms with van der Waals surface area (Å²) >= 11 is 0. The average molecular weight is 142 g/mol. The third kappa shape index (κ3) is 1.55. The SMILES string of the molecule is CCc1cc(CON)on1. The summed E-state index contributed by atoms with van der Waals surface area (Å²) in [6.45, 7) is 2.29. The van der Waals surface area contributed by atoms with Gasteiger partial charge < -0.3 is 4.52 Å². The van der Waals surface area contributed by atoms with Crippen LogP contribution in [0.2, 0.25) is 0 Å². The Morgan fingerprint density at radius 3 is 3.10 bits per heavy atom. The van der Waals surface area contributed by atoms with E-state index < -0.39 is 0 Å². The smallest absolute Gasteiger partial charge is 0.164 e. The Balaban J connectivity index is 2.59. The number of rotatable bonds is 3. The second-order valence-corrected chi connectivity index (χ2v) is 1.95. The highest BCUT2D eigenvalue weighted by molar-refractivity contribution is 5.03. The van der Waals surface area contributed by atoms with Gasteiger partial charge in [-0.25, -0.2) is 5.90 Å². The minimum atomic E-state index is 0.285. The van der Waals surface area contributed by atoms with Crippen LogP contribution in [0.5, 0.6) is 0 Å². The van der Waals surface area contributed by atoms with Crippen LogP contribution in [0.3, 0.4) is 0 Å². The molecule has 1 heterocycles. The lowest BCUT2D eigenvalue weighted by Gasteiger charge is -1.86. The van der Waals surface area contributed by atoms with Crippen molar-refractivity contribution >= 4 is 0 Å². The highest BCUT2D eigenvalue weighted by atomic mass is 16.6. The fourth-order valence-electron chi connectivity index (χ4n) is 0.673. The molecule has 0 saturated carbocycles. The molecule has 0 radical (unpaired) electrons. The Morgan fingerprint density at radius 1 is 1.80 bits per heavy atom. The second-order valence-electron chi connectivity index (χ2n) is 1.95. The van der Waals surface area contributed by atoms with Crippen LogP contribution in [0, 0.1) is 0 Å². The molecular formula is C6H10N2O2. The molecule has 2 N–H and O–H groups in total. The summed E-state index contributed by atoms with van der Waals surface area (Å²) in [5.74, 6) is 5.49. The molecule has 0 saturated heterocycles. The predicted molar refractivity (Wildman–Crippen MR) is 34.9 cm³/mol. The monoisotopic (exact) mass is 142 g/mol. The van der Waals surface area contributed by atoms with Crippen molar-refractivity contribution in [3.05, 3.63) is 17.5 Å². The molecule has 1 aromatic rings. The molecule has 10 heavy (non-hydrogen) atoms. The summed E-state index contributed by atoms with van der Waals surface area (Å²) in [5.41, 5.74) is 0.923. The van der Waals surface area contributed by atoms with Crippen molar-refractivity contribution in [2.24, 2.45) is 5.90 Å². The molecular weight excluding hydrogens is 132 g/mol. The highest BCUT2D eigenvalue weighted by Crippen LogP contribution is 2.03. The molecule has 1 rings (SSSR count). The Labute approximate surface area is 58.9 Å². The minimum absolute atomic E-state index is 0.285. The zero-order valence-corrected chi connectivity index (χ0v) is 5.83. The molecule has 1 aromatic heterocycles. The van der Waals surface area contributed by atoms with Gasteiger partial charge in [0, 0.05) is 6.07 Å². The minimum Gasteiger partial charge on any atom is -0.359 e. The first-order valence-corrected chi connectivity index (χ1v) is 3.13. The summed E-state index contributed by atoms with van der Waals surface area (Å²) < 4.78 is 4.84. The Morgan fingerprint density at radius 2 is 2.60 bits per heavy atom. The fraction of sp³-hybridized carbons (Fsp3) is 0.500. The number of hydrogen-bond acceptors (Lipinski definition) is 4. The van der Waals surface area contributed by atoms with Crippen LogP contribution in [0.15, 0.2) is 10.6 Å². The van der Waals surface area contributed by atoms with Gasteiger partial charge in [0.15, 0.2) is 5.76 Å². The van der Waals surface area contributed by atoms with E-state index in [-0.39, 0.29) is 6.61 Å². The number of hydrogen-bond donors (Lipinski definition) is 1. The average Bonchev–Trinajstić information content (AvgIpc) is 2.37. The van der Waals surface area contributed by atoms with E-state index >= 15 is 0 Å². The van der Waals surface area contributed by atoms with Crippen molar-refractivity contribution in [1.29, 1.82) is 0 Å². The van der Waals surface area contributed by atoms with E-state index in [0.29, 0.717) is 5.76 Å². The third-order valence-electron chi connectivity index (χ3n) is 1.20. The summed E-state index contributed by atoms with van der Waals surface area (Å²) in [5, 5.41) is 3.74. The van der Waals surface area contributed by atoms with Gasteiger partial charge in [0.25, 0.3) is 0 Å². The number of aromatic nitrogens is 1. The molecule has 0 aliphatic heterocycles. The van der Waals surface area contributed by atoms with Crippen LogP contribution in [0.4, 0.5) is 0 Å². The maximum Gasteiger partial charge on any atom is 0.164 e. The van der Waals surface area contributed by atoms with Crippen LogP contribution in [-0.2, 0) is 17.9 Å². The lowest BCUT2D eigenvalue weighted by atomic mass is 10.3. The fourth-order valence-corrected chi connectivity index (χ4v) is 0.673. The molecule has 0 amide bonds. The van der Waals surface area contributed by atoms with Crippen LogP contribution in [0.25, 0.3) is 0 Å². The Kier molecular flexibility index (Phi) is 2.42. The van der Waals surface area contributed by atoms with Crippen molar-refractivity contribution in [1.82, 2.24) is 5.16 Å². The van der Waals surface area contributed by atoms with Gasteiger partial charge in [-0.05, 0) is 6.42 Å². The Hall–Kier alpha value is -0.870. The van der Waals surface area contributed by atoms with E-state index in [1.165, 1.54) is 0 Å². The first-order valence-electron chi connectivity index (χ1n) is 3.13. The van der Waals surface area contributed by atoms with Crippen LogP contribution >= 0.6 is 0 Å². The maximum atomic E-state index is 4.84. The van der Waals surface area contributed by atoms with E-state index in [0.717, 1.165) is 12.1 Å². The second kappa shape index (κ2) is 3.34. The van der Waals surface area contributed by atoms with Gasteiger partial charge in [0.05, 0.1) is 5.69 Å². The topological polar surface area (TPSA) is 61.3 Å². The normalized spacial score (nSPS) is 10.2. The van der Waals surface area contributed by atoms with Crippen molar-refractivity contribution in [3.8, 4) is 0 Å². The molecule has 0 aliphatic rings. The molecule has 0 aliphatic carbocycles. The van der Waals surface area contributed by atoms with Gasteiger partial charge in [-0.1, -0.05) is 12.1 Å². The summed E-state index contributed by atoms with van der Waals surface area (Å²) in [7, 11) is 0. The van der Waals surface area contributed by atoms with Gasteiger partial charge in [-0.3, -0.25) is 4.84 Å². The van der Waals surface area contributed by atoms with Crippen molar-refractivity contribution in [2.75, 3.05) is 0 Å². The molecule has 0 unspecified atom stereocenters. The number of aryl methyl sites for hydroxylation is 1. The quantitative estimate of drug-likeness (QED) is 0.628. The molecule has 0 atom stereocenters. The van der Waals surface area contributed by atoms with Gasteiger partial charge in [0.2, 0.25) is 0 Å². The standard InChI is InChI=1S/C6H10N2O2/c1-2-5-3-6(4-9-7)10-8-5/h3H,2,4,7H2,1H3. The lowest BCUT2D eigenvalue weighted by molar-refractivity contribution is 0.103. The summed E-state index contributed by atoms with van der Waals surface area (Å²) in [6.07, 6.45) is 0.869. The highest BCUT2D eigenvalue weighted by Gasteiger charge is 2.00. The molecule has 0 aromatic carbocycles. The molecule has 4 nitrogen and oxygen atoms in total. The largest absolute Gasteiger partial charge is 0.359 e. The maximum absolute atomic E-state index is 4.84. The zero-order valence-electron chi connectivity index (χ0n) is 5.83. The van der Waals surface area contributed by atoms with Crippen molar-refractivity contribution in [3.63, 3.8) is 0 Å². The number of nitrogens with zero attached hydrogens (tertiary/aromatic N) is 1. The molecule has 4 heteroatoms. The summed E-state index contributed by atoms with van der Waals surface area (Å²) in [4.78, 5) is 4.35. The van der Waals surface area contributed by atoms with E-state index in [4.69, 9.17) is 10.4 Å². The van der Waals surface area contributed by atoms with Crippen molar-refractivity contribution in [2.45, 2.75) is 20.0 Å². The van der Waals surface area contributed by atoms with Gasteiger partial charge in [-0.15, -0.1) is 0 Å².